The number of nitrogens with two attached hydrogens (primary N) is 1. The zero-order chi connectivity index (χ0) is 22.4. The maximum Gasteiger partial charge on any atom is 0.334 e. The number of hydrogen-bond acceptors (Lipinski definition) is 5. The summed E-state index contributed by atoms with van der Waals surface area (Å²) >= 11 is 0. The van der Waals surface area contributed by atoms with Crippen LogP contribution in [-0.4, -0.2) is 36.2 Å². The Morgan fingerprint density at radius 2 is 1.84 bits per heavy atom. The van der Waals surface area contributed by atoms with Crippen LogP contribution in [0.1, 0.15) is 49.8 Å². The summed E-state index contributed by atoms with van der Waals surface area (Å²) in [5.41, 5.74) is 8.25. The van der Waals surface area contributed by atoms with Crippen molar-refractivity contribution >= 4 is 23.2 Å². The predicted octanol–water partition coefficient (Wildman–Crippen LogP) is 3.93. The Bertz CT molecular complexity index is 923. The molecule has 0 aliphatic carbocycles. The molecule has 1 atom stereocenters. The number of nitrogens with one attached hydrogen (secondary N) is 3. The number of anilines is 2. The molecule has 7 heteroatoms. The van der Waals surface area contributed by atoms with E-state index in [2.05, 4.69) is 23.6 Å². The van der Waals surface area contributed by atoms with Crippen LogP contribution in [0.4, 0.5) is 11.4 Å². The Labute approximate surface area is 183 Å². The van der Waals surface area contributed by atoms with Gasteiger partial charge < -0.3 is 26.2 Å². The van der Waals surface area contributed by atoms with E-state index in [0.717, 1.165) is 43.7 Å². The molecule has 1 fully saturated rings. The molecule has 1 aliphatic heterocycles. The molecule has 7 nitrogen and oxygen atoms in total. The smallest absolute Gasteiger partial charge is 0.334 e. The van der Waals surface area contributed by atoms with E-state index in [1.54, 1.807) is 24.3 Å². The maximum atomic E-state index is 12.6. The number of benzene rings is 2. The fourth-order valence-corrected chi connectivity index (χ4v) is 3.98. The lowest BCUT2D eigenvalue weighted by molar-refractivity contribution is -0.142. The predicted molar refractivity (Wildman–Crippen MR) is 124 cm³/mol. The lowest BCUT2D eigenvalue weighted by atomic mass is 9.85. The molecule has 0 aromatic heterocycles. The van der Waals surface area contributed by atoms with E-state index in [1.807, 2.05) is 19.1 Å². The summed E-state index contributed by atoms with van der Waals surface area (Å²) in [5.74, 6) is -0.957. The first-order valence-corrected chi connectivity index (χ1v) is 10.8. The largest absolute Gasteiger partial charge is 0.479 e. The first kappa shape index (κ1) is 22.6. The third-order valence-electron chi connectivity index (χ3n) is 5.93. The van der Waals surface area contributed by atoms with Gasteiger partial charge in [-0.25, -0.2) is 4.79 Å². The molecule has 0 radical (unpaired) electrons. The van der Waals surface area contributed by atoms with Gasteiger partial charge in [0.2, 0.25) is 0 Å². The maximum absolute atomic E-state index is 12.6. The average Bonchev–Trinajstić information content (AvgIpc) is 2.78. The molecule has 1 saturated heterocycles. The monoisotopic (exact) mass is 424 g/mol. The van der Waals surface area contributed by atoms with E-state index in [4.69, 9.17) is 15.9 Å². The quantitative estimate of drug-likeness (QED) is 0.307. The molecular weight excluding hydrogens is 392 g/mol. The minimum atomic E-state index is -1.28. The van der Waals surface area contributed by atoms with E-state index >= 15 is 0 Å². The van der Waals surface area contributed by atoms with Gasteiger partial charge in [-0.3, -0.25) is 5.41 Å². The van der Waals surface area contributed by atoms with Gasteiger partial charge in [0.1, 0.15) is 5.84 Å². The summed E-state index contributed by atoms with van der Waals surface area (Å²) in [7, 11) is 0. The molecular formula is C24H32N4O3. The minimum Gasteiger partial charge on any atom is -0.479 e. The molecule has 1 unspecified atom stereocenters. The van der Waals surface area contributed by atoms with Crippen LogP contribution in [0.2, 0.25) is 0 Å². The van der Waals surface area contributed by atoms with Crippen LogP contribution < -0.4 is 16.4 Å². The number of amidine groups is 1. The number of carbonyl (C=O) groups is 1. The van der Waals surface area contributed by atoms with Gasteiger partial charge in [-0.15, -0.1) is 0 Å². The zero-order valence-corrected chi connectivity index (χ0v) is 18.2. The van der Waals surface area contributed by atoms with Crippen LogP contribution in [0.15, 0.2) is 42.5 Å². The van der Waals surface area contributed by atoms with Crippen LogP contribution in [-0.2, 0) is 21.5 Å². The summed E-state index contributed by atoms with van der Waals surface area (Å²) < 4.78 is 5.45. The van der Waals surface area contributed by atoms with Gasteiger partial charge in [-0.1, -0.05) is 19.9 Å². The standard InChI is InChI=1S/C24H32N4O3/c1-3-16-13-18(15-21(14-16)27-19-9-11-31-12-10-19)24(4-2,23(29)30)28-20-7-5-17(6-8-20)22(25)26/h5-8,13-15,19,27-28H,3-4,9-12H2,1-2H3,(H3,25,26)(H,29,30). The first-order valence-electron chi connectivity index (χ1n) is 10.8. The van der Waals surface area contributed by atoms with E-state index in [0.29, 0.717) is 29.3 Å². The lowest BCUT2D eigenvalue weighted by Crippen LogP contribution is -2.43. The van der Waals surface area contributed by atoms with Crippen molar-refractivity contribution in [2.24, 2.45) is 5.73 Å². The Hall–Kier alpha value is -3.06. The van der Waals surface area contributed by atoms with E-state index in [1.165, 1.54) is 0 Å². The second-order valence-electron chi connectivity index (χ2n) is 7.98. The molecule has 31 heavy (non-hydrogen) atoms. The molecule has 0 amide bonds. The van der Waals surface area contributed by atoms with Crippen LogP contribution >= 0.6 is 0 Å². The van der Waals surface area contributed by atoms with Crippen LogP contribution in [0.25, 0.3) is 0 Å². The van der Waals surface area contributed by atoms with Crippen LogP contribution in [0.5, 0.6) is 0 Å². The highest BCUT2D eigenvalue weighted by Crippen LogP contribution is 2.34. The number of rotatable bonds is 9. The van der Waals surface area contributed by atoms with Crippen molar-refractivity contribution < 1.29 is 14.6 Å². The molecule has 1 aliphatic rings. The van der Waals surface area contributed by atoms with E-state index in [-0.39, 0.29) is 5.84 Å². The number of nitrogen functional groups attached to an aromatic ring is 1. The molecule has 0 spiro atoms. The first-order chi connectivity index (χ1) is 14.9. The number of aryl methyl sites for hydroxylation is 1. The molecule has 3 rings (SSSR count). The number of carboxylic acid groups (broad SMARTS) is 1. The van der Waals surface area contributed by atoms with Crippen molar-refractivity contribution in [3.05, 3.63) is 59.2 Å². The topological polar surface area (TPSA) is 120 Å². The van der Waals surface area contributed by atoms with Gasteiger partial charge in [-0.05, 0) is 73.2 Å². The zero-order valence-electron chi connectivity index (χ0n) is 18.2. The van der Waals surface area contributed by atoms with Crippen molar-refractivity contribution in [1.29, 1.82) is 5.41 Å². The number of aliphatic carboxylic acids is 1. The molecule has 6 N–H and O–H groups in total. The van der Waals surface area contributed by atoms with Crippen molar-refractivity contribution in [1.82, 2.24) is 0 Å². The van der Waals surface area contributed by atoms with Gasteiger partial charge in [0.15, 0.2) is 5.54 Å². The van der Waals surface area contributed by atoms with Crippen molar-refractivity contribution in [3.8, 4) is 0 Å². The fraction of sp³-hybridized carbons (Fsp3) is 0.417. The van der Waals surface area contributed by atoms with Crippen molar-refractivity contribution in [2.45, 2.75) is 51.1 Å². The Morgan fingerprint density at radius 1 is 1.16 bits per heavy atom. The van der Waals surface area contributed by atoms with Gasteiger partial charge in [-0.2, -0.15) is 0 Å². The third-order valence-corrected chi connectivity index (χ3v) is 5.93. The minimum absolute atomic E-state index is 0.0222. The SMILES string of the molecule is CCc1cc(NC2CCOCC2)cc(C(CC)(Nc2ccc(C(=N)N)cc2)C(=O)O)c1. The van der Waals surface area contributed by atoms with Crippen molar-refractivity contribution in [2.75, 3.05) is 23.8 Å². The Balaban J connectivity index is 1.97. The number of hydrogen-bond donors (Lipinski definition) is 5. The van der Waals surface area contributed by atoms with Gasteiger partial charge >= 0.3 is 5.97 Å². The van der Waals surface area contributed by atoms with Gasteiger partial charge in [0.05, 0.1) is 0 Å². The molecule has 2 aromatic carbocycles. The van der Waals surface area contributed by atoms with E-state index in [9.17, 15) is 9.90 Å². The molecule has 0 bridgehead atoms. The third kappa shape index (κ3) is 5.17. The lowest BCUT2D eigenvalue weighted by Gasteiger charge is -2.32. The highest BCUT2D eigenvalue weighted by Gasteiger charge is 2.39. The Kier molecular flexibility index (Phi) is 7.17. The Morgan fingerprint density at radius 3 is 2.39 bits per heavy atom. The van der Waals surface area contributed by atoms with Crippen LogP contribution in [0.3, 0.4) is 0 Å². The normalized spacial score (nSPS) is 16.3. The summed E-state index contributed by atoms with van der Waals surface area (Å²) in [6.07, 6.45) is 3.04. The highest BCUT2D eigenvalue weighted by molar-refractivity contribution is 5.95. The second-order valence-corrected chi connectivity index (χ2v) is 7.98. The fourth-order valence-electron chi connectivity index (χ4n) is 3.98. The second kappa shape index (κ2) is 9.83. The molecule has 166 valence electrons. The molecule has 2 aromatic rings. The summed E-state index contributed by atoms with van der Waals surface area (Å²) in [4.78, 5) is 12.6. The molecule has 0 saturated carbocycles. The number of carboxylic acids is 1. The van der Waals surface area contributed by atoms with Gasteiger partial charge in [0, 0.05) is 36.2 Å². The van der Waals surface area contributed by atoms with Crippen LogP contribution in [0, 0.1) is 5.41 Å². The number of ether oxygens (including phenoxy) is 1. The summed E-state index contributed by atoms with van der Waals surface area (Å²) in [6.45, 7) is 5.42. The van der Waals surface area contributed by atoms with Gasteiger partial charge in [0.25, 0.3) is 0 Å². The van der Waals surface area contributed by atoms with Crippen molar-refractivity contribution in [3.63, 3.8) is 0 Å². The summed E-state index contributed by atoms with van der Waals surface area (Å²) in [6, 6.07) is 13.3. The van der Waals surface area contributed by atoms with E-state index < -0.39 is 11.5 Å². The molecule has 1 heterocycles. The summed E-state index contributed by atoms with van der Waals surface area (Å²) in [5, 5.41) is 24.7. The highest BCUT2D eigenvalue weighted by atomic mass is 16.5. The average molecular weight is 425 g/mol.